The highest BCUT2D eigenvalue weighted by atomic mass is 35.5. The first-order valence-electron chi connectivity index (χ1n) is 6.30. The lowest BCUT2D eigenvalue weighted by Gasteiger charge is -2.28. The van der Waals surface area contributed by atoms with Gasteiger partial charge in [-0.05, 0) is 26.8 Å². The molecule has 1 atom stereocenters. The third-order valence-corrected chi connectivity index (χ3v) is 2.95. The Morgan fingerprint density at radius 2 is 2.10 bits per heavy atom. The van der Waals surface area contributed by atoms with Crippen LogP contribution in [0, 0.1) is 0 Å². The van der Waals surface area contributed by atoms with Crippen molar-refractivity contribution in [2.24, 2.45) is 0 Å². The highest BCUT2D eigenvalue weighted by Crippen LogP contribution is 2.32. The van der Waals surface area contributed by atoms with E-state index in [0.717, 1.165) is 4.90 Å². The lowest BCUT2D eigenvalue weighted by atomic mass is 10.1. The van der Waals surface area contributed by atoms with E-state index in [1.165, 1.54) is 26.4 Å². The van der Waals surface area contributed by atoms with Crippen LogP contribution in [0.25, 0.3) is 0 Å². The van der Waals surface area contributed by atoms with E-state index in [4.69, 9.17) is 21.1 Å². The van der Waals surface area contributed by atoms with E-state index in [0.29, 0.717) is 11.8 Å². The summed E-state index contributed by atoms with van der Waals surface area (Å²) in [7, 11) is 2.87. The van der Waals surface area contributed by atoms with Crippen molar-refractivity contribution in [1.29, 1.82) is 0 Å². The fraction of sp³-hybridized carbons (Fsp3) is 0.500. The number of nitrogens with zero attached hydrogens (tertiary/aromatic N) is 2. The second kappa shape index (κ2) is 6.76. The van der Waals surface area contributed by atoms with Crippen LogP contribution in [0.2, 0.25) is 5.02 Å². The number of methoxy groups -OCH3 is 1. The molecule has 0 fully saturated rings. The standard InChI is InChI=1S/C14H19ClN2O4/c1-14(2,3)21-13(19)17(4)10(8-18)11-9(15)6-7-16-12(11)20-5/h6-8,10H,1-5H3. The van der Waals surface area contributed by atoms with Crippen molar-refractivity contribution in [2.45, 2.75) is 32.4 Å². The average Bonchev–Trinajstić information content (AvgIpc) is 2.39. The predicted molar refractivity (Wildman–Crippen MR) is 78.6 cm³/mol. The molecule has 0 radical (unpaired) electrons. The molecule has 0 aromatic carbocycles. The van der Waals surface area contributed by atoms with Crippen LogP contribution in [0.1, 0.15) is 32.4 Å². The van der Waals surface area contributed by atoms with Gasteiger partial charge < -0.3 is 14.3 Å². The van der Waals surface area contributed by atoms with Crippen LogP contribution in [0.15, 0.2) is 12.3 Å². The number of carbonyl (C=O) groups is 2. The highest BCUT2D eigenvalue weighted by Gasteiger charge is 2.30. The molecule has 21 heavy (non-hydrogen) atoms. The van der Waals surface area contributed by atoms with Crippen molar-refractivity contribution >= 4 is 24.0 Å². The van der Waals surface area contributed by atoms with Gasteiger partial charge in [0.2, 0.25) is 5.88 Å². The average molecular weight is 315 g/mol. The molecule has 0 aliphatic rings. The van der Waals surface area contributed by atoms with Gasteiger partial charge in [-0.1, -0.05) is 11.6 Å². The summed E-state index contributed by atoms with van der Waals surface area (Å²) in [5.74, 6) is 0.190. The van der Waals surface area contributed by atoms with E-state index in [2.05, 4.69) is 4.98 Å². The summed E-state index contributed by atoms with van der Waals surface area (Å²) >= 11 is 6.11. The molecular formula is C14H19ClN2O4. The van der Waals surface area contributed by atoms with E-state index in [1.54, 1.807) is 20.8 Å². The van der Waals surface area contributed by atoms with Crippen LogP contribution in [-0.4, -0.2) is 42.0 Å². The smallest absolute Gasteiger partial charge is 0.410 e. The number of hydrogen-bond acceptors (Lipinski definition) is 5. The summed E-state index contributed by atoms with van der Waals surface area (Å²) in [6.45, 7) is 5.23. The molecule has 0 aliphatic carbocycles. The van der Waals surface area contributed by atoms with E-state index < -0.39 is 17.7 Å². The zero-order valence-electron chi connectivity index (χ0n) is 12.7. The molecule has 0 spiro atoms. The van der Waals surface area contributed by atoms with Crippen LogP contribution in [0.3, 0.4) is 0 Å². The summed E-state index contributed by atoms with van der Waals surface area (Å²) in [5, 5.41) is 0.286. The Morgan fingerprint density at radius 3 is 2.57 bits per heavy atom. The van der Waals surface area contributed by atoms with Crippen molar-refractivity contribution < 1.29 is 19.1 Å². The molecule has 0 N–H and O–H groups in total. The van der Waals surface area contributed by atoms with E-state index >= 15 is 0 Å². The van der Waals surface area contributed by atoms with E-state index in [9.17, 15) is 9.59 Å². The Bertz CT molecular complexity index is 528. The van der Waals surface area contributed by atoms with Crippen LogP contribution in [0.4, 0.5) is 4.79 Å². The molecule has 7 heteroatoms. The third-order valence-electron chi connectivity index (χ3n) is 2.62. The molecule has 0 aliphatic heterocycles. The molecule has 1 rings (SSSR count). The van der Waals surface area contributed by atoms with E-state index in [-0.39, 0.29) is 10.9 Å². The van der Waals surface area contributed by atoms with Crippen molar-refractivity contribution in [3.63, 3.8) is 0 Å². The summed E-state index contributed by atoms with van der Waals surface area (Å²) in [5.41, 5.74) is -0.341. The van der Waals surface area contributed by atoms with Gasteiger partial charge in [-0.2, -0.15) is 0 Å². The van der Waals surface area contributed by atoms with Gasteiger partial charge in [0.15, 0.2) is 0 Å². The first-order valence-corrected chi connectivity index (χ1v) is 6.68. The molecule has 0 bridgehead atoms. The van der Waals surface area contributed by atoms with Crippen LogP contribution < -0.4 is 4.74 Å². The summed E-state index contributed by atoms with van der Waals surface area (Å²) < 4.78 is 10.3. The Morgan fingerprint density at radius 1 is 1.48 bits per heavy atom. The number of rotatable bonds is 4. The predicted octanol–water partition coefficient (Wildman–Crippen LogP) is 2.85. The highest BCUT2D eigenvalue weighted by molar-refractivity contribution is 6.31. The lowest BCUT2D eigenvalue weighted by Crippen LogP contribution is -2.37. The zero-order valence-corrected chi connectivity index (χ0v) is 13.5. The monoisotopic (exact) mass is 314 g/mol. The molecule has 0 saturated carbocycles. The lowest BCUT2D eigenvalue weighted by molar-refractivity contribution is -0.112. The van der Waals surface area contributed by atoms with Crippen LogP contribution >= 0.6 is 11.6 Å². The van der Waals surface area contributed by atoms with Gasteiger partial charge in [0.05, 0.1) is 17.7 Å². The molecular weight excluding hydrogens is 296 g/mol. The van der Waals surface area contributed by atoms with Crippen molar-refractivity contribution in [2.75, 3.05) is 14.2 Å². The number of likely N-dealkylation sites (N-methyl/N-ethyl adjacent to an activating group) is 1. The van der Waals surface area contributed by atoms with Gasteiger partial charge in [0.25, 0.3) is 0 Å². The number of carbonyl (C=O) groups excluding carboxylic acids is 2. The Kier molecular flexibility index (Phi) is 5.54. The van der Waals surface area contributed by atoms with Gasteiger partial charge in [-0.15, -0.1) is 0 Å². The molecule has 116 valence electrons. The first-order chi connectivity index (χ1) is 9.71. The second-order valence-corrected chi connectivity index (χ2v) is 5.80. The zero-order chi connectivity index (χ0) is 16.2. The van der Waals surface area contributed by atoms with Crippen molar-refractivity contribution in [1.82, 2.24) is 9.88 Å². The van der Waals surface area contributed by atoms with Crippen LogP contribution in [-0.2, 0) is 9.53 Å². The number of halogens is 1. The Labute approximate surface area is 129 Å². The normalized spacial score (nSPS) is 12.5. The largest absolute Gasteiger partial charge is 0.481 e. The number of pyridine rings is 1. The number of aldehydes is 1. The summed E-state index contributed by atoms with van der Waals surface area (Å²) in [4.78, 5) is 28.7. The topological polar surface area (TPSA) is 68.7 Å². The van der Waals surface area contributed by atoms with Gasteiger partial charge in [-0.25, -0.2) is 9.78 Å². The maximum absolute atomic E-state index is 12.1. The molecule has 6 nitrogen and oxygen atoms in total. The van der Waals surface area contributed by atoms with Crippen molar-refractivity contribution in [3.05, 3.63) is 22.8 Å². The first kappa shape index (κ1) is 17.2. The minimum absolute atomic E-state index is 0.190. The summed E-state index contributed by atoms with van der Waals surface area (Å²) in [6.07, 6.45) is 1.41. The minimum atomic E-state index is -0.948. The van der Waals surface area contributed by atoms with Crippen LogP contribution in [0.5, 0.6) is 5.88 Å². The number of aromatic nitrogens is 1. The second-order valence-electron chi connectivity index (χ2n) is 5.39. The third kappa shape index (κ3) is 4.32. The van der Waals surface area contributed by atoms with Gasteiger partial charge in [0, 0.05) is 13.2 Å². The van der Waals surface area contributed by atoms with Gasteiger partial charge in [-0.3, -0.25) is 4.90 Å². The molecule has 1 amide bonds. The number of ether oxygens (including phenoxy) is 2. The fourth-order valence-corrected chi connectivity index (χ4v) is 1.91. The molecule has 1 unspecified atom stereocenters. The minimum Gasteiger partial charge on any atom is -0.481 e. The molecule has 0 saturated heterocycles. The molecule has 1 heterocycles. The molecule has 1 aromatic rings. The Balaban J connectivity index is 3.14. The number of hydrogen-bond donors (Lipinski definition) is 0. The summed E-state index contributed by atoms with van der Waals surface area (Å²) in [6, 6.07) is 0.578. The van der Waals surface area contributed by atoms with E-state index in [1.807, 2.05) is 0 Å². The fourth-order valence-electron chi connectivity index (χ4n) is 1.66. The number of amides is 1. The Hall–Kier alpha value is -1.82. The quantitative estimate of drug-likeness (QED) is 0.799. The molecule has 1 aromatic heterocycles. The maximum atomic E-state index is 12.1. The van der Waals surface area contributed by atoms with Crippen molar-refractivity contribution in [3.8, 4) is 5.88 Å². The SMILES string of the molecule is COc1nccc(Cl)c1C(C=O)N(C)C(=O)OC(C)(C)C. The maximum Gasteiger partial charge on any atom is 0.410 e. The van der Waals surface area contributed by atoms with Gasteiger partial charge in [0.1, 0.15) is 17.9 Å². The van der Waals surface area contributed by atoms with Gasteiger partial charge >= 0.3 is 6.09 Å².